The van der Waals surface area contributed by atoms with Crippen LogP contribution in [0.5, 0.6) is 0 Å². The van der Waals surface area contributed by atoms with E-state index in [1.807, 2.05) is 30.3 Å². The quantitative estimate of drug-likeness (QED) is 0.272. The predicted octanol–water partition coefficient (Wildman–Crippen LogP) is 7.16. The Morgan fingerprint density at radius 2 is 1.64 bits per heavy atom. The molecule has 0 bridgehead atoms. The molecular weight excluding hydrogens is 497 g/mol. The Morgan fingerprint density at radius 3 is 2.33 bits per heavy atom. The number of carbonyl (C=O) groups excluding carboxylic acids is 1. The highest BCUT2D eigenvalue weighted by Gasteiger charge is 2.29. The molecule has 2 N–H and O–H groups in total. The zero-order chi connectivity index (χ0) is 25.1. The Hall–Kier alpha value is -3.32. The van der Waals surface area contributed by atoms with Crippen LogP contribution in [0.25, 0.3) is 11.1 Å². The molecule has 1 aliphatic carbocycles. The third-order valence-electron chi connectivity index (χ3n) is 6.22. The minimum absolute atomic E-state index is 0.0178. The number of amides is 1. The van der Waals surface area contributed by atoms with Gasteiger partial charge in [0.05, 0.1) is 11.6 Å². The molecule has 0 atom stereocenters. The summed E-state index contributed by atoms with van der Waals surface area (Å²) in [5, 5.41) is 12.9. The van der Waals surface area contributed by atoms with E-state index in [4.69, 9.17) is 16.3 Å². The number of aliphatic hydroxyl groups excluding tert-OH is 1. The fourth-order valence-corrected chi connectivity index (χ4v) is 5.86. The van der Waals surface area contributed by atoms with Crippen LogP contribution in [0.3, 0.4) is 0 Å². The Kier molecular flexibility index (Phi) is 7.28. The highest BCUT2D eigenvalue weighted by Crippen LogP contribution is 2.44. The van der Waals surface area contributed by atoms with Crippen LogP contribution in [0.4, 0.5) is 9.18 Å². The van der Waals surface area contributed by atoms with Crippen molar-refractivity contribution in [2.45, 2.75) is 28.9 Å². The van der Waals surface area contributed by atoms with Crippen LogP contribution >= 0.6 is 23.4 Å². The molecule has 0 saturated heterocycles. The number of nitrogens with one attached hydrogen (secondary N) is 1. The van der Waals surface area contributed by atoms with Gasteiger partial charge in [-0.1, -0.05) is 84.0 Å². The Labute approximate surface area is 218 Å². The normalized spacial score (nSPS) is 12.2. The van der Waals surface area contributed by atoms with Crippen molar-refractivity contribution in [1.82, 2.24) is 5.32 Å². The fraction of sp³-hybridized carbons (Fsp3) is 0.138. The molecule has 0 heterocycles. The van der Waals surface area contributed by atoms with Crippen LogP contribution < -0.4 is 5.32 Å². The molecule has 7 heteroatoms. The van der Waals surface area contributed by atoms with Crippen molar-refractivity contribution in [3.8, 4) is 11.1 Å². The van der Waals surface area contributed by atoms with Crippen LogP contribution in [0.1, 0.15) is 28.2 Å². The molecule has 0 saturated carbocycles. The van der Waals surface area contributed by atoms with E-state index in [1.165, 1.54) is 35.0 Å². The van der Waals surface area contributed by atoms with Gasteiger partial charge in [0, 0.05) is 22.3 Å². The second-order valence-electron chi connectivity index (χ2n) is 8.42. The largest absolute Gasteiger partial charge is 0.449 e. The first-order valence-electron chi connectivity index (χ1n) is 11.5. The average molecular weight is 520 g/mol. The number of carbonyl (C=O) groups is 1. The highest BCUT2D eigenvalue weighted by molar-refractivity contribution is 7.99. The van der Waals surface area contributed by atoms with Crippen LogP contribution in [0, 0.1) is 5.82 Å². The molecule has 0 aliphatic heterocycles. The molecule has 1 aliphatic rings. The standard InChI is InChI=1S/C29H23ClFNO3S/c30-26-11-5-6-18(28(26)36-27-13-12-20(31)14-19(27)16-33)15-32-29(34)35-17-25-23-9-3-1-7-21(23)22-8-2-4-10-24(22)25/h1-14,25,33H,15-17H2,(H,32,34). The number of hydrogen-bond donors (Lipinski definition) is 2. The second kappa shape index (κ2) is 10.7. The summed E-state index contributed by atoms with van der Waals surface area (Å²) in [6.45, 7) is 0.138. The second-order valence-corrected chi connectivity index (χ2v) is 9.88. The van der Waals surface area contributed by atoms with E-state index >= 15 is 0 Å². The lowest BCUT2D eigenvalue weighted by atomic mass is 9.98. The van der Waals surface area contributed by atoms with Crippen LogP contribution in [-0.4, -0.2) is 17.8 Å². The molecule has 1 amide bonds. The fourth-order valence-electron chi connectivity index (χ4n) is 4.50. The summed E-state index contributed by atoms with van der Waals surface area (Å²) < 4.78 is 19.2. The number of alkyl carbamates (subject to hydrolysis) is 1. The average Bonchev–Trinajstić information content (AvgIpc) is 3.22. The van der Waals surface area contributed by atoms with E-state index in [1.54, 1.807) is 18.2 Å². The number of hydrogen-bond acceptors (Lipinski definition) is 4. The van der Waals surface area contributed by atoms with Gasteiger partial charge in [-0.2, -0.15) is 0 Å². The summed E-state index contributed by atoms with van der Waals surface area (Å²) in [7, 11) is 0. The first kappa shape index (κ1) is 24.4. The minimum Gasteiger partial charge on any atom is -0.449 e. The van der Waals surface area contributed by atoms with Crippen molar-refractivity contribution >= 4 is 29.5 Å². The topological polar surface area (TPSA) is 58.6 Å². The molecule has 4 aromatic rings. The Bertz CT molecular complexity index is 1380. The van der Waals surface area contributed by atoms with Crippen molar-refractivity contribution in [2.24, 2.45) is 0 Å². The van der Waals surface area contributed by atoms with E-state index in [9.17, 15) is 14.3 Å². The molecule has 4 aromatic carbocycles. The first-order valence-corrected chi connectivity index (χ1v) is 12.7. The summed E-state index contributed by atoms with van der Waals surface area (Å²) in [4.78, 5) is 14.1. The zero-order valence-corrected chi connectivity index (χ0v) is 20.8. The van der Waals surface area contributed by atoms with Gasteiger partial charge in [0.1, 0.15) is 12.4 Å². The van der Waals surface area contributed by atoms with Crippen LogP contribution in [0.2, 0.25) is 5.02 Å². The molecule has 4 nitrogen and oxygen atoms in total. The molecule has 0 unspecified atom stereocenters. The molecule has 0 aromatic heterocycles. The van der Waals surface area contributed by atoms with Gasteiger partial charge in [0.15, 0.2) is 0 Å². The molecule has 182 valence electrons. The lowest BCUT2D eigenvalue weighted by Crippen LogP contribution is -2.26. The molecule has 0 radical (unpaired) electrons. The zero-order valence-electron chi connectivity index (χ0n) is 19.2. The van der Waals surface area contributed by atoms with Gasteiger partial charge < -0.3 is 15.2 Å². The van der Waals surface area contributed by atoms with Crippen molar-refractivity contribution < 1.29 is 19.0 Å². The van der Waals surface area contributed by atoms with E-state index < -0.39 is 11.9 Å². The first-order chi connectivity index (χ1) is 17.5. The maximum absolute atomic E-state index is 13.6. The van der Waals surface area contributed by atoms with E-state index in [2.05, 4.69) is 29.6 Å². The molecular formula is C29H23ClFNO3S. The molecule has 0 spiro atoms. The van der Waals surface area contributed by atoms with E-state index in [-0.39, 0.29) is 25.7 Å². The number of aliphatic hydroxyl groups is 1. The number of rotatable bonds is 7. The summed E-state index contributed by atoms with van der Waals surface area (Å²) in [5.41, 5.74) is 5.90. The molecule has 5 rings (SSSR count). The highest BCUT2D eigenvalue weighted by atomic mass is 35.5. The number of ether oxygens (including phenoxy) is 1. The van der Waals surface area contributed by atoms with Crippen molar-refractivity contribution in [1.29, 1.82) is 0 Å². The van der Waals surface area contributed by atoms with E-state index in [0.717, 1.165) is 21.6 Å². The lowest BCUT2D eigenvalue weighted by Gasteiger charge is -2.16. The number of fused-ring (bicyclic) bond motifs is 3. The maximum Gasteiger partial charge on any atom is 0.407 e. The monoisotopic (exact) mass is 519 g/mol. The summed E-state index contributed by atoms with van der Waals surface area (Å²) in [6.07, 6.45) is -0.523. The Balaban J connectivity index is 1.26. The van der Waals surface area contributed by atoms with Gasteiger partial charge in [0.2, 0.25) is 0 Å². The van der Waals surface area contributed by atoms with Crippen LogP contribution in [0.15, 0.2) is 94.7 Å². The van der Waals surface area contributed by atoms with Gasteiger partial charge in [0.25, 0.3) is 0 Å². The Morgan fingerprint density at radius 1 is 0.944 bits per heavy atom. The SMILES string of the molecule is O=C(NCc1cccc(Cl)c1Sc1ccc(F)cc1CO)OCC1c2ccccc2-c2ccccc21. The van der Waals surface area contributed by atoms with Gasteiger partial charge in [-0.3, -0.25) is 0 Å². The van der Waals surface area contributed by atoms with Gasteiger partial charge in [-0.25, -0.2) is 9.18 Å². The lowest BCUT2D eigenvalue weighted by molar-refractivity contribution is 0.142. The third kappa shape index (κ3) is 4.98. The van der Waals surface area contributed by atoms with Gasteiger partial charge in [-0.05, 0) is 57.6 Å². The van der Waals surface area contributed by atoms with Crippen molar-refractivity contribution in [3.05, 3.63) is 118 Å². The molecule has 0 fully saturated rings. The number of halogens is 2. The maximum atomic E-state index is 13.6. The molecule has 36 heavy (non-hydrogen) atoms. The summed E-state index contributed by atoms with van der Waals surface area (Å²) in [6, 6.07) is 26.0. The van der Waals surface area contributed by atoms with Crippen LogP contribution in [-0.2, 0) is 17.9 Å². The summed E-state index contributed by atoms with van der Waals surface area (Å²) in [5.74, 6) is -0.435. The van der Waals surface area contributed by atoms with Crippen molar-refractivity contribution in [2.75, 3.05) is 6.61 Å². The van der Waals surface area contributed by atoms with Crippen molar-refractivity contribution in [3.63, 3.8) is 0 Å². The minimum atomic E-state index is -0.523. The summed E-state index contributed by atoms with van der Waals surface area (Å²) >= 11 is 7.78. The van der Waals surface area contributed by atoms with Gasteiger partial charge >= 0.3 is 6.09 Å². The predicted molar refractivity (Wildman–Crippen MR) is 140 cm³/mol. The van der Waals surface area contributed by atoms with Gasteiger partial charge in [-0.15, -0.1) is 0 Å². The number of benzene rings is 4. The van der Waals surface area contributed by atoms with E-state index in [0.29, 0.717) is 15.5 Å². The third-order valence-corrected chi connectivity index (χ3v) is 7.95. The smallest absolute Gasteiger partial charge is 0.407 e.